The van der Waals surface area contributed by atoms with E-state index in [2.05, 4.69) is 10.4 Å². The van der Waals surface area contributed by atoms with Gasteiger partial charge >= 0.3 is 0 Å². The molecule has 2 aromatic carbocycles. The molecule has 0 aliphatic carbocycles. The van der Waals surface area contributed by atoms with E-state index in [-0.39, 0.29) is 18.4 Å². The number of anilines is 1. The van der Waals surface area contributed by atoms with Crippen molar-refractivity contribution in [3.05, 3.63) is 77.6 Å². The molecule has 2 heterocycles. The number of aromatic nitrogens is 2. The Morgan fingerprint density at radius 3 is 2.53 bits per heavy atom. The van der Waals surface area contributed by atoms with E-state index >= 15 is 0 Å². The fraction of sp³-hybridized carbons (Fsp3) is 0.261. The highest BCUT2D eigenvalue weighted by Crippen LogP contribution is 2.33. The fourth-order valence-corrected chi connectivity index (χ4v) is 3.81. The van der Waals surface area contributed by atoms with E-state index < -0.39 is 5.54 Å². The number of nitrogens with zero attached hydrogens (tertiary/aromatic N) is 3. The summed E-state index contributed by atoms with van der Waals surface area (Å²) >= 11 is 0. The van der Waals surface area contributed by atoms with Crippen LogP contribution in [0.2, 0.25) is 0 Å². The maximum absolute atomic E-state index is 13.4. The van der Waals surface area contributed by atoms with Gasteiger partial charge in [0.25, 0.3) is 5.91 Å². The predicted octanol–water partition coefficient (Wildman–Crippen LogP) is 2.94. The zero-order valence-corrected chi connectivity index (χ0v) is 17.3. The molecule has 1 atom stereocenters. The van der Waals surface area contributed by atoms with Gasteiger partial charge in [-0.15, -0.1) is 0 Å². The average Bonchev–Trinajstić information content (AvgIpc) is 3.13. The molecule has 0 spiro atoms. The van der Waals surface area contributed by atoms with Crippen LogP contribution in [-0.4, -0.2) is 34.2 Å². The molecule has 4 rings (SSSR count). The van der Waals surface area contributed by atoms with Gasteiger partial charge < -0.3 is 10.1 Å². The molecule has 3 aromatic rings. The Morgan fingerprint density at radius 2 is 1.87 bits per heavy atom. The zero-order chi connectivity index (χ0) is 21.3. The standard InChI is InChI=1S/C23H24N4O3/c1-16-13-20-21(28)27(18-9-11-19(30-3)12-10-18)23(2,15-26(20)25-16)22(29)24-14-17-7-5-4-6-8-17/h4-13H,14-15H2,1-3H3,(H,24,29)/t23-/m1/s1. The molecule has 0 unspecified atom stereocenters. The van der Waals surface area contributed by atoms with Crippen LogP contribution in [0.1, 0.15) is 28.7 Å². The Kier molecular flexibility index (Phi) is 5.03. The number of ether oxygens (including phenoxy) is 1. The van der Waals surface area contributed by atoms with Crippen LogP contribution in [0.5, 0.6) is 5.75 Å². The first kappa shape index (κ1) is 19.7. The van der Waals surface area contributed by atoms with Crippen LogP contribution >= 0.6 is 0 Å². The summed E-state index contributed by atoms with van der Waals surface area (Å²) in [4.78, 5) is 28.4. The molecule has 0 saturated carbocycles. The molecule has 0 fully saturated rings. The summed E-state index contributed by atoms with van der Waals surface area (Å²) in [7, 11) is 1.59. The first-order chi connectivity index (χ1) is 14.4. The molecular weight excluding hydrogens is 380 g/mol. The SMILES string of the molecule is COc1ccc(N2C(=O)c3cc(C)nn3C[C@]2(C)C(=O)NCc2ccccc2)cc1. The van der Waals surface area contributed by atoms with Crippen molar-refractivity contribution in [1.82, 2.24) is 15.1 Å². The lowest BCUT2D eigenvalue weighted by Crippen LogP contribution is -2.64. The van der Waals surface area contributed by atoms with E-state index in [1.165, 1.54) is 0 Å². The molecule has 0 radical (unpaired) electrons. The van der Waals surface area contributed by atoms with Crippen LogP contribution in [0.15, 0.2) is 60.7 Å². The number of nitrogens with one attached hydrogen (secondary N) is 1. The zero-order valence-electron chi connectivity index (χ0n) is 17.3. The molecule has 1 aliphatic heterocycles. The molecule has 30 heavy (non-hydrogen) atoms. The number of methoxy groups -OCH3 is 1. The van der Waals surface area contributed by atoms with Crippen molar-refractivity contribution < 1.29 is 14.3 Å². The van der Waals surface area contributed by atoms with Crippen molar-refractivity contribution in [1.29, 1.82) is 0 Å². The number of aryl methyl sites for hydroxylation is 1. The summed E-state index contributed by atoms with van der Waals surface area (Å²) in [5.74, 6) is 0.179. The maximum atomic E-state index is 13.4. The first-order valence-electron chi connectivity index (χ1n) is 9.77. The van der Waals surface area contributed by atoms with Gasteiger partial charge in [-0.1, -0.05) is 30.3 Å². The number of fused-ring (bicyclic) bond motifs is 1. The number of hydrogen-bond acceptors (Lipinski definition) is 4. The van der Waals surface area contributed by atoms with E-state index in [0.717, 1.165) is 11.3 Å². The van der Waals surface area contributed by atoms with Crippen molar-refractivity contribution in [2.24, 2.45) is 0 Å². The summed E-state index contributed by atoms with van der Waals surface area (Å²) in [5.41, 5.74) is 1.68. The normalized spacial score (nSPS) is 18.1. The van der Waals surface area contributed by atoms with Gasteiger partial charge in [-0.3, -0.25) is 19.2 Å². The lowest BCUT2D eigenvalue weighted by Gasteiger charge is -2.43. The second-order valence-corrected chi connectivity index (χ2v) is 7.61. The van der Waals surface area contributed by atoms with E-state index in [0.29, 0.717) is 23.7 Å². The van der Waals surface area contributed by atoms with Crippen molar-refractivity contribution >= 4 is 17.5 Å². The van der Waals surface area contributed by atoms with Gasteiger partial charge in [0.15, 0.2) is 0 Å². The highest BCUT2D eigenvalue weighted by atomic mass is 16.5. The third-order valence-corrected chi connectivity index (χ3v) is 5.39. The minimum absolute atomic E-state index is 0.241. The minimum Gasteiger partial charge on any atom is -0.497 e. The summed E-state index contributed by atoms with van der Waals surface area (Å²) in [6.07, 6.45) is 0. The molecule has 2 amide bonds. The van der Waals surface area contributed by atoms with Crippen LogP contribution in [0, 0.1) is 6.92 Å². The molecule has 0 bridgehead atoms. The Morgan fingerprint density at radius 1 is 1.17 bits per heavy atom. The van der Waals surface area contributed by atoms with Crippen LogP contribution in [0.25, 0.3) is 0 Å². The summed E-state index contributed by atoms with van der Waals surface area (Å²) < 4.78 is 6.86. The van der Waals surface area contributed by atoms with Crippen LogP contribution in [0.3, 0.4) is 0 Å². The van der Waals surface area contributed by atoms with Gasteiger partial charge in [-0.25, -0.2) is 0 Å². The molecule has 154 valence electrons. The topological polar surface area (TPSA) is 76.5 Å². The summed E-state index contributed by atoms with van der Waals surface area (Å²) in [5, 5.41) is 7.41. The van der Waals surface area contributed by atoms with E-state index in [1.807, 2.05) is 37.3 Å². The largest absolute Gasteiger partial charge is 0.497 e. The van der Waals surface area contributed by atoms with E-state index in [1.54, 1.807) is 53.9 Å². The number of hydrogen-bond donors (Lipinski definition) is 1. The number of carbonyl (C=O) groups is 2. The van der Waals surface area contributed by atoms with Gasteiger partial charge in [-0.2, -0.15) is 5.10 Å². The van der Waals surface area contributed by atoms with Gasteiger partial charge in [-0.05, 0) is 49.7 Å². The first-order valence-corrected chi connectivity index (χ1v) is 9.77. The number of rotatable bonds is 5. The Balaban J connectivity index is 1.71. The summed E-state index contributed by atoms with van der Waals surface area (Å²) in [6.45, 7) is 4.25. The minimum atomic E-state index is -1.15. The lowest BCUT2D eigenvalue weighted by atomic mass is 9.94. The van der Waals surface area contributed by atoms with Crippen molar-refractivity contribution in [2.75, 3.05) is 12.0 Å². The predicted molar refractivity (Wildman–Crippen MR) is 113 cm³/mol. The number of benzene rings is 2. The Bertz CT molecular complexity index is 1080. The van der Waals surface area contributed by atoms with Gasteiger partial charge in [0.2, 0.25) is 5.91 Å². The van der Waals surface area contributed by atoms with Crippen LogP contribution in [0.4, 0.5) is 5.69 Å². The maximum Gasteiger partial charge on any atom is 0.277 e. The molecule has 1 aromatic heterocycles. The van der Waals surface area contributed by atoms with Gasteiger partial charge in [0.1, 0.15) is 17.0 Å². The third kappa shape index (κ3) is 3.43. The van der Waals surface area contributed by atoms with Crippen molar-refractivity contribution in [2.45, 2.75) is 32.5 Å². The second kappa shape index (κ2) is 7.67. The quantitative estimate of drug-likeness (QED) is 0.709. The molecule has 7 nitrogen and oxygen atoms in total. The Labute approximate surface area is 175 Å². The fourth-order valence-electron chi connectivity index (χ4n) is 3.81. The number of amides is 2. The molecule has 1 aliphatic rings. The third-order valence-electron chi connectivity index (χ3n) is 5.39. The second-order valence-electron chi connectivity index (χ2n) is 7.61. The Hall–Kier alpha value is -3.61. The molecular formula is C23H24N4O3. The monoisotopic (exact) mass is 404 g/mol. The van der Waals surface area contributed by atoms with Gasteiger partial charge in [0.05, 0.1) is 19.3 Å². The van der Waals surface area contributed by atoms with Gasteiger partial charge in [0, 0.05) is 12.2 Å². The van der Waals surface area contributed by atoms with E-state index in [9.17, 15) is 9.59 Å². The highest BCUT2D eigenvalue weighted by Gasteiger charge is 2.48. The molecule has 7 heteroatoms. The highest BCUT2D eigenvalue weighted by molar-refractivity contribution is 6.11. The van der Waals surface area contributed by atoms with Crippen molar-refractivity contribution in [3.8, 4) is 5.75 Å². The lowest BCUT2D eigenvalue weighted by molar-refractivity contribution is -0.126. The van der Waals surface area contributed by atoms with Crippen LogP contribution < -0.4 is 15.0 Å². The van der Waals surface area contributed by atoms with Crippen LogP contribution in [-0.2, 0) is 17.9 Å². The molecule has 1 N–H and O–H groups in total. The van der Waals surface area contributed by atoms with E-state index in [4.69, 9.17) is 4.74 Å². The average molecular weight is 404 g/mol. The van der Waals surface area contributed by atoms with Crippen molar-refractivity contribution in [3.63, 3.8) is 0 Å². The molecule has 0 saturated heterocycles. The smallest absolute Gasteiger partial charge is 0.277 e. The summed E-state index contributed by atoms with van der Waals surface area (Å²) in [6, 6.07) is 18.6. The number of carbonyl (C=O) groups excluding carboxylic acids is 2.